The zero-order valence-electron chi connectivity index (χ0n) is 23.5. The molecule has 3 aliphatic heterocycles. The molecule has 0 amide bonds. The van der Waals surface area contributed by atoms with Crippen molar-refractivity contribution in [2.45, 2.75) is 61.4 Å². The van der Waals surface area contributed by atoms with Crippen molar-refractivity contribution in [2.75, 3.05) is 27.1 Å². The van der Waals surface area contributed by atoms with Crippen LogP contribution in [0.25, 0.3) is 0 Å². The first-order valence-corrected chi connectivity index (χ1v) is 13.6. The molecule has 0 aliphatic carbocycles. The first-order valence-electron chi connectivity index (χ1n) is 13.6. The van der Waals surface area contributed by atoms with Gasteiger partial charge in [-0.2, -0.15) is 0 Å². The van der Waals surface area contributed by atoms with E-state index in [9.17, 15) is 50.4 Å². The van der Waals surface area contributed by atoms with Gasteiger partial charge < -0.3 is 74.0 Å². The maximum atomic E-state index is 13.3. The number of carbonyl (C=O) groups excluding carboxylic acids is 2. The second-order valence-electron chi connectivity index (χ2n) is 10.4. The fourth-order valence-corrected chi connectivity index (χ4v) is 4.94. The smallest absolute Gasteiger partial charge is 0.233 e. The molecule has 3 heterocycles. The molecule has 2 fully saturated rings. The largest absolute Gasteiger partial charge is 0.493 e. The Morgan fingerprint density at radius 2 is 1.22 bits per heavy atom. The molecule has 0 spiro atoms. The van der Waals surface area contributed by atoms with Crippen LogP contribution in [0.2, 0.25) is 0 Å². The van der Waals surface area contributed by atoms with Gasteiger partial charge in [-0.1, -0.05) is 0 Å². The second-order valence-corrected chi connectivity index (χ2v) is 10.4. The molecule has 2 aromatic rings. The van der Waals surface area contributed by atoms with Crippen LogP contribution in [0.1, 0.15) is 20.7 Å². The molecule has 2 saturated heterocycles. The standard InChI is InChI=1S/C28H32O17/c1-39-13-4-10(2-3-12(13)42-27-24(37)22(35)20(33)16(7-29)44-27)18(31)19(32)11-5-14-26(41-9-40-14)15(6-11)43-28-25(38)23(36)21(34)17(8-30)45-28/h2-6,16-17,20-25,27-30,33-38H,7-9H2,1H3/t16-,17-,20-,21-,22+,23+,24-,25-,27-,28-/m1/s1. The summed E-state index contributed by atoms with van der Waals surface area (Å²) in [6.07, 6.45) is -15.8. The lowest BCUT2D eigenvalue weighted by molar-refractivity contribution is -0.277. The molecule has 17 heteroatoms. The Labute approximate surface area is 254 Å². The van der Waals surface area contributed by atoms with Gasteiger partial charge in [-0.05, 0) is 30.3 Å². The van der Waals surface area contributed by atoms with Gasteiger partial charge in [0.25, 0.3) is 0 Å². The first kappa shape index (κ1) is 32.8. The minimum absolute atomic E-state index is 0.00678. The maximum Gasteiger partial charge on any atom is 0.233 e. The third-order valence-electron chi connectivity index (χ3n) is 7.52. The van der Waals surface area contributed by atoms with Gasteiger partial charge in [0.05, 0.1) is 20.3 Å². The molecule has 0 radical (unpaired) electrons. The summed E-state index contributed by atoms with van der Waals surface area (Å²) in [6.45, 7) is -1.64. The van der Waals surface area contributed by atoms with E-state index >= 15 is 0 Å². The number of aliphatic hydroxyl groups is 8. The van der Waals surface area contributed by atoms with E-state index in [1.807, 2.05) is 0 Å². The highest BCUT2D eigenvalue weighted by Gasteiger charge is 2.46. The number of Topliss-reactive ketones (excluding diaryl/α,β-unsaturated/α-hetero) is 2. The number of carbonyl (C=O) groups is 2. The molecule has 17 nitrogen and oxygen atoms in total. The van der Waals surface area contributed by atoms with Crippen LogP contribution < -0.4 is 23.7 Å². The van der Waals surface area contributed by atoms with Crippen molar-refractivity contribution < 1.29 is 83.6 Å². The van der Waals surface area contributed by atoms with Crippen molar-refractivity contribution in [3.8, 4) is 28.7 Å². The van der Waals surface area contributed by atoms with Crippen LogP contribution in [-0.2, 0) is 9.47 Å². The Morgan fingerprint density at radius 3 is 1.78 bits per heavy atom. The van der Waals surface area contributed by atoms with E-state index in [1.165, 1.54) is 31.4 Å². The minimum Gasteiger partial charge on any atom is -0.493 e. The molecule has 0 unspecified atom stereocenters. The highest BCUT2D eigenvalue weighted by Crippen LogP contribution is 2.43. The summed E-state index contributed by atoms with van der Waals surface area (Å²) in [5, 5.41) is 79.6. The Bertz CT molecular complexity index is 1400. The zero-order valence-corrected chi connectivity index (χ0v) is 23.5. The SMILES string of the molecule is COc1cc(C(=O)C(=O)c2cc3c(c(O[C@@H]4O[C@H](CO)[C@@H](O)[C@H](O)[C@H]4O)c2)OCO3)ccc1O[C@@H]1O[C@H](CO)[C@@H](O)[C@H](O)[C@H]1O. The van der Waals surface area contributed by atoms with Crippen molar-refractivity contribution in [1.82, 2.24) is 0 Å². The van der Waals surface area contributed by atoms with Gasteiger partial charge in [0.2, 0.25) is 36.7 Å². The maximum absolute atomic E-state index is 13.3. The lowest BCUT2D eigenvalue weighted by atomic mass is 9.99. The Hall–Kier alpha value is -3.62. The molecule has 246 valence electrons. The molecule has 0 saturated carbocycles. The van der Waals surface area contributed by atoms with E-state index in [1.54, 1.807) is 0 Å². The minimum atomic E-state index is -1.77. The Morgan fingerprint density at radius 1 is 0.689 bits per heavy atom. The highest BCUT2D eigenvalue weighted by molar-refractivity contribution is 6.49. The van der Waals surface area contributed by atoms with Gasteiger partial charge in [-0.15, -0.1) is 0 Å². The highest BCUT2D eigenvalue weighted by atomic mass is 16.7. The molecule has 8 N–H and O–H groups in total. The summed E-state index contributed by atoms with van der Waals surface area (Å²) >= 11 is 0. The Balaban J connectivity index is 1.36. The van der Waals surface area contributed by atoms with Crippen molar-refractivity contribution in [3.05, 3.63) is 41.5 Å². The van der Waals surface area contributed by atoms with E-state index in [0.717, 1.165) is 6.07 Å². The number of ketones is 2. The summed E-state index contributed by atoms with van der Waals surface area (Å²) in [6, 6.07) is 6.01. The Kier molecular flexibility index (Phi) is 9.75. The number of ether oxygens (including phenoxy) is 7. The third-order valence-corrected chi connectivity index (χ3v) is 7.52. The topological polar surface area (TPSA) is 261 Å². The summed E-state index contributed by atoms with van der Waals surface area (Å²) in [5.74, 6) is -2.35. The molecule has 0 bridgehead atoms. The fraction of sp³-hybridized carbons (Fsp3) is 0.500. The van der Waals surface area contributed by atoms with Crippen LogP contribution >= 0.6 is 0 Å². The average Bonchev–Trinajstić information content (AvgIpc) is 3.53. The first-order chi connectivity index (χ1) is 21.5. The molecule has 45 heavy (non-hydrogen) atoms. The van der Waals surface area contributed by atoms with Crippen LogP contribution in [0.15, 0.2) is 30.3 Å². The van der Waals surface area contributed by atoms with Crippen LogP contribution in [0.3, 0.4) is 0 Å². The lowest BCUT2D eigenvalue weighted by Gasteiger charge is -2.39. The summed E-state index contributed by atoms with van der Waals surface area (Å²) in [4.78, 5) is 26.6. The van der Waals surface area contributed by atoms with Gasteiger partial charge in [0, 0.05) is 11.1 Å². The molecular formula is C28H32O17. The summed E-state index contributed by atoms with van der Waals surface area (Å²) < 4.78 is 38.0. The molecule has 5 rings (SSSR count). The van der Waals surface area contributed by atoms with Gasteiger partial charge >= 0.3 is 0 Å². The molecule has 10 atom stereocenters. The summed E-state index contributed by atoms with van der Waals surface area (Å²) in [7, 11) is 1.24. The molecule has 3 aliphatic rings. The number of hydrogen-bond donors (Lipinski definition) is 8. The predicted octanol–water partition coefficient (Wildman–Crippen LogP) is -3.15. The monoisotopic (exact) mass is 640 g/mol. The predicted molar refractivity (Wildman–Crippen MR) is 143 cm³/mol. The van der Waals surface area contributed by atoms with Crippen LogP contribution in [-0.4, -0.2) is 141 Å². The van der Waals surface area contributed by atoms with Crippen molar-refractivity contribution in [2.24, 2.45) is 0 Å². The number of aliphatic hydroxyl groups excluding tert-OH is 8. The molecular weight excluding hydrogens is 608 g/mol. The van der Waals surface area contributed by atoms with Gasteiger partial charge in [0.1, 0.15) is 48.8 Å². The third kappa shape index (κ3) is 6.27. The van der Waals surface area contributed by atoms with Crippen LogP contribution in [0.4, 0.5) is 0 Å². The molecule has 0 aromatic heterocycles. The van der Waals surface area contributed by atoms with Gasteiger partial charge in [-0.3, -0.25) is 9.59 Å². The number of hydrogen-bond acceptors (Lipinski definition) is 17. The van der Waals surface area contributed by atoms with E-state index in [4.69, 9.17) is 33.2 Å². The van der Waals surface area contributed by atoms with E-state index in [0.29, 0.717) is 0 Å². The average molecular weight is 641 g/mol. The van der Waals surface area contributed by atoms with Crippen molar-refractivity contribution >= 4 is 11.6 Å². The van der Waals surface area contributed by atoms with E-state index in [2.05, 4.69) is 0 Å². The van der Waals surface area contributed by atoms with Crippen LogP contribution in [0.5, 0.6) is 28.7 Å². The summed E-state index contributed by atoms with van der Waals surface area (Å²) in [5.41, 5.74) is -0.364. The quantitative estimate of drug-likeness (QED) is 0.0941. The molecule has 2 aromatic carbocycles. The normalized spacial score (nSPS) is 32.6. The van der Waals surface area contributed by atoms with Crippen molar-refractivity contribution in [3.63, 3.8) is 0 Å². The number of benzene rings is 2. The number of fused-ring (bicyclic) bond motifs is 1. The van der Waals surface area contributed by atoms with Gasteiger partial charge in [-0.25, -0.2) is 0 Å². The zero-order chi connectivity index (χ0) is 32.6. The van der Waals surface area contributed by atoms with E-state index < -0.39 is 86.2 Å². The second kappa shape index (κ2) is 13.4. The van der Waals surface area contributed by atoms with E-state index in [-0.39, 0.29) is 46.7 Å². The number of methoxy groups -OCH3 is 1. The fourth-order valence-electron chi connectivity index (χ4n) is 4.94. The lowest BCUT2D eigenvalue weighted by Crippen LogP contribution is -2.60. The van der Waals surface area contributed by atoms with Gasteiger partial charge in [0.15, 0.2) is 23.0 Å². The number of rotatable bonds is 10. The van der Waals surface area contributed by atoms with Crippen molar-refractivity contribution in [1.29, 1.82) is 0 Å². The van der Waals surface area contributed by atoms with Crippen LogP contribution in [0, 0.1) is 0 Å².